The van der Waals surface area contributed by atoms with Gasteiger partial charge in [-0.25, -0.2) is 0 Å². The zero-order chi connectivity index (χ0) is 20.4. The van der Waals surface area contributed by atoms with Crippen molar-refractivity contribution in [1.82, 2.24) is 14.6 Å². The van der Waals surface area contributed by atoms with E-state index in [-0.39, 0.29) is 11.2 Å². The molecule has 0 aliphatic rings. The summed E-state index contributed by atoms with van der Waals surface area (Å²) in [4.78, 5) is 28.1. The summed E-state index contributed by atoms with van der Waals surface area (Å²) < 4.78 is 6.66. The lowest BCUT2D eigenvalue weighted by Gasteiger charge is -1.98. The molecule has 0 aliphatic heterocycles. The van der Waals surface area contributed by atoms with E-state index in [9.17, 15) is 14.9 Å². The minimum absolute atomic E-state index is 0.0611. The van der Waals surface area contributed by atoms with Crippen LogP contribution in [0.1, 0.15) is 17.0 Å². The number of aromatic nitrogens is 3. The molecule has 2 heterocycles. The molecule has 9 heteroatoms. The van der Waals surface area contributed by atoms with Crippen molar-refractivity contribution in [1.29, 1.82) is 0 Å². The number of nitro groups is 1. The summed E-state index contributed by atoms with van der Waals surface area (Å²) in [6, 6.07) is 13.7. The SMILES string of the molecule is COc1ccc(/C=C/c2nc3s/c(=C/c4ccccc4[N+](=O)[O-])c(=O)n3n2)cc1. The van der Waals surface area contributed by atoms with Gasteiger partial charge < -0.3 is 4.74 Å². The zero-order valence-electron chi connectivity index (χ0n) is 15.2. The number of para-hydroxylation sites is 1. The highest BCUT2D eigenvalue weighted by Gasteiger charge is 2.13. The monoisotopic (exact) mass is 406 g/mol. The lowest BCUT2D eigenvalue weighted by molar-refractivity contribution is -0.385. The third-order valence-electron chi connectivity index (χ3n) is 4.16. The van der Waals surface area contributed by atoms with Crippen LogP contribution in [0.5, 0.6) is 5.75 Å². The number of benzene rings is 2. The Bertz CT molecular complexity index is 1340. The number of hydrogen-bond acceptors (Lipinski definition) is 7. The average Bonchev–Trinajstić information content (AvgIpc) is 3.26. The van der Waals surface area contributed by atoms with Crippen molar-refractivity contribution in [3.63, 3.8) is 0 Å². The first kappa shape index (κ1) is 18.5. The van der Waals surface area contributed by atoms with E-state index in [1.165, 1.54) is 16.7 Å². The van der Waals surface area contributed by atoms with Crippen molar-refractivity contribution >= 4 is 40.2 Å². The zero-order valence-corrected chi connectivity index (χ0v) is 16.0. The molecule has 0 aliphatic carbocycles. The molecule has 0 spiro atoms. The van der Waals surface area contributed by atoms with Gasteiger partial charge in [0.2, 0.25) is 4.96 Å². The predicted octanol–water partition coefficient (Wildman–Crippen LogP) is 2.79. The van der Waals surface area contributed by atoms with Gasteiger partial charge in [-0.1, -0.05) is 41.7 Å². The van der Waals surface area contributed by atoms with E-state index in [4.69, 9.17) is 4.74 Å². The van der Waals surface area contributed by atoms with Crippen molar-refractivity contribution in [3.05, 3.63) is 90.5 Å². The second-order valence-electron chi connectivity index (χ2n) is 6.00. The fraction of sp³-hybridized carbons (Fsp3) is 0.0500. The van der Waals surface area contributed by atoms with Crippen LogP contribution in [-0.2, 0) is 0 Å². The average molecular weight is 406 g/mol. The first-order chi connectivity index (χ1) is 14.0. The summed E-state index contributed by atoms with van der Waals surface area (Å²) in [6.07, 6.45) is 5.05. The van der Waals surface area contributed by atoms with Crippen LogP contribution in [-0.4, -0.2) is 26.6 Å². The molecule has 0 bridgehead atoms. The molecule has 0 radical (unpaired) electrons. The number of hydrogen-bond donors (Lipinski definition) is 0. The Morgan fingerprint density at radius 1 is 1.14 bits per heavy atom. The molecular formula is C20H14N4O4S. The minimum atomic E-state index is -0.477. The number of fused-ring (bicyclic) bond motifs is 1. The van der Waals surface area contributed by atoms with E-state index in [0.717, 1.165) is 22.6 Å². The van der Waals surface area contributed by atoms with Crippen molar-refractivity contribution in [2.45, 2.75) is 0 Å². The summed E-state index contributed by atoms with van der Waals surface area (Å²) in [5, 5.41) is 15.4. The fourth-order valence-electron chi connectivity index (χ4n) is 2.72. The van der Waals surface area contributed by atoms with Gasteiger partial charge in [0.15, 0.2) is 5.82 Å². The number of nitro benzene ring substituents is 1. The number of methoxy groups -OCH3 is 1. The number of ether oxygens (including phenoxy) is 1. The maximum atomic E-state index is 12.6. The van der Waals surface area contributed by atoms with Crippen LogP contribution in [0.4, 0.5) is 5.69 Å². The Kier molecular flexibility index (Phi) is 4.88. The molecule has 0 amide bonds. The van der Waals surface area contributed by atoms with Gasteiger partial charge in [0, 0.05) is 6.07 Å². The van der Waals surface area contributed by atoms with Crippen LogP contribution < -0.4 is 14.8 Å². The van der Waals surface area contributed by atoms with Crippen molar-refractivity contribution in [2.75, 3.05) is 7.11 Å². The molecule has 0 atom stereocenters. The van der Waals surface area contributed by atoms with Crippen molar-refractivity contribution < 1.29 is 9.66 Å². The van der Waals surface area contributed by atoms with Gasteiger partial charge in [0.1, 0.15) is 5.75 Å². The van der Waals surface area contributed by atoms with E-state index in [1.807, 2.05) is 30.3 Å². The molecule has 8 nitrogen and oxygen atoms in total. The Balaban J connectivity index is 1.67. The Morgan fingerprint density at radius 2 is 1.90 bits per heavy atom. The summed E-state index contributed by atoms with van der Waals surface area (Å²) in [5.41, 5.74) is 0.879. The highest BCUT2D eigenvalue weighted by molar-refractivity contribution is 7.15. The van der Waals surface area contributed by atoms with E-state index < -0.39 is 4.92 Å². The molecule has 0 unspecified atom stereocenters. The first-order valence-electron chi connectivity index (χ1n) is 8.52. The molecule has 0 fully saturated rings. The van der Waals surface area contributed by atoms with Crippen LogP contribution in [0.15, 0.2) is 53.3 Å². The highest BCUT2D eigenvalue weighted by atomic mass is 32.1. The second-order valence-corrected chi connectivity index (χ2v) is 7.01. The molecule has 4 rings (SSSR count). The quantitative estimate of drug-likeness (QED) is 0.373. The van der Waals surface area contributed by atoms with Gasteiger partial charge in [-0.15, -0.1) is 5.10 Å². The molecular weight excluding hydrogens is 392 g/mol. The van der Waals surface area contributed by atoms with Gasteiger partial charge in [-0.05, 0) is 35.9 Å². The fourth-order valence-corrected chi connectivity index (χ4v) is 3.63. The van der Waals surface area contributed by atoms with Crippen LogP contribution in [0.3, 0.4) is 0 Å². The second kappa shape index (κ2) is 7.64. The van der Waals surface area contributed by atoms with Crippen molar-refractivity contribution in [2.24, 2.45) is 0 Å². The standard InChI is InChI=1S/C20H14N4O4S/c1-28-15-9-6-13(7-10-15)8-11-18-21-20-23(22-18)19(25)17(29-20)12-14-4-2-3-5-16(14)24(26)27/h2-12H,1H3/b11-8+,17-12+. The lowest BCUT2D eigenvalue weighted by atomic mass is 10.2. The Morgan fingerprint density at radius 3 is 2.59 bits per heavy atom. The largest absolute Gasteiger partial charge is 0.497 e. The maximum absolute atomic E-state index is 12.6. The van der Waals surface area contributed by atoms with Crippen LogP contribution in [0.25, 0.3) is 23.2 Å². The summed E-state index contributed by atoms with van der Waals surface area (Å²) in [7, 11) is 1.61. The van der Waals surface area contributed by atoms with Crippen molar-refractivity contribution in [3.8, 4) is 5.75 Å². The van der Waals surface area contributed by atoms with E-state index >= 15 is 0 Å². The maximum Gasteiger partial charge on any atom is 0.291 e. The topological polar surface area (TPSA) is 99.6 Å². The van der Waals surface area contributed by atoms with Gasteiger partial charge in [-0.3, -0.25) is 14.9 Å². The van der Waals surface area contributed by atoms with Crippen LogP contribution >= 0.6 is 11.3 Å². The molecule has 0 saturated heterocycles. The molecule has 2 aromatic heterocycles. The first-order valence-corrected chi connectivity index (χ1v) is 9.33. The number of thiazole rings is 1. The number of nitrogens with zero attached hydrogens (tertiary/aromatic N) is 4. The van der Waals surface area contributed by atoms with Gasteiger partial charge in [0.05, 0.1) is 22.1 Å². The third kappa shape index (κ3) is 3.76. The molecule has 0 N–H and O–H groups in total. The van der Waals surface area contributed by atoms with Crippen LogP contribution in [0.2, 0.25) is 0 Å². The third-order valence-corrected chi connectivity index (χ3v) is 5.12. The van der Waals surface area contributed by atoms with E-state index in [0.29, 0.717) is 20.9 Å². The van der Waals surface area contributed by atoms with Crippen LogP contribution in [0, 0.1) is 10.1 Å². The molecule has 29 heavy (non-hydrogen) atoms. The van der Waals surface area contributed by atoms with E-state index in [1.54, 1.807) is 31.4 Å². The molecule has 0 saturated carbocycles. The number of rotatable bonds is 5. The normalized spacial score (nSPS) is 12.1. The Labute approximate surface area is 168 Å². The van der Waals surface area contributed by atoms with Gasteiger partial charge >= 0.3 is 0 Å². The summed E-state index contributed by atoms with van der Waals surface area (Å²) >= 11 is 1.13. The molecule has 2 aromatic carbocycles. The van der Waals surface area contributed by atoms with E-state index in [2.05, 4.69) is 10.1 Å². The Hall–Kier alpha value is -3.85. The van der Waals surface area contributed by atoms with Gasteiger partial charge in [-0.2, -0.15) is 9.50 Å². The highest BCUT2D eigenvalue weighted by Crippen LogP contribution is 2.18. The molecule has 4 aromatic rings. The minimum Gasteiger partial charge on any atom is -0.497 e. The predicted molar refractivity (Wildman–Crippen MR) is 111 cm³/mol. The van der Waals surface area contributed by atoms with Gasteiger partial charge in [0.25, 0.3) is 11.2 Å². The molecule has 144 valence electrons. The lowest BCUT2D eigenvalue weighted by Crippen LogP contribution is -2.23. The smallest absolute Gasteiger partial charge is 0.291 e. The summed E-state index contributed by atoms with van der Waals surface area (Å²) in [6.45, 7) is 0. The summed E-state index contributed by atoms with van der Waals surface area (Å²) in [5.74, 6) is 1.17.